The zero-order valence-corrected chi connectivity index (χ0v) is 21.0. The molecule has 36 heavy (non-hydrogen) atoms. The molecule has 2 aliphatic heterocycles. The number of fused-ring (bicyclic) bond motifs is 1. The van der Waals surface area contributed by atoms with Gasteiger partial charge < -0.3 is 15.0 Å². The molecule has 2 N–H and O–H groups in total. The Bertz CT molecular complexity index is 1300. The zero-order chi connectivity index (χ0) is 26.0. The van der Waals surface area contributed by atoms with Gasteiger partial charge >= 0.3 is 6.09 Å². The summed E-state index contributed by atoms with van der Waals surface area (Å²) in [5.41, 5.74) is 2.61. The summed E-state index contributed by atoms with van der Waals surface area (Å²) < 4.78 is 5.42. The van der Waals surface area contributed by atoms with Crippen molar-refractivity contribution in [2.75, 3.05) is 28.6 Å². The number of nitriles is 1. The molecule has 10 heteroatoms. The van der Waals surface area contributed by atoms with E-state index in [4.69, 9.17) is 4.74 Å². The highest BCUT2D eigenvalue weighted by Crippen LogP contribution is 2.38. The van der Waals surface area contributed by atoms with Gasteiger partial charge in [0.05, 0.1) is 17.1 Å². The molecule has 0 aliphatic carbocycles. The first kappa shape index (κ1) is 24.7. The van der Waals surface area contributed by atoms with Crippen LogP contribution in [0.25, 0.3) is 5.57 Å². The van der Waals surface area contributed by atoms with Crippen molar-refractivity contribution >= 4 is 34.9 Å². The fraction of sp³-hybridized carbons (Fsp3) is 0.346. The number of amides is 2. The summed E-state index contributed by atoms with van der Waals surface area (Å²) in [6.45, 7) is 10.0. The van der Waals surface area contributed by atoms with Crippen molar-refractivity contribution in [3.05, 3.63) is 59.7 Å². The number of aromatic nitrogens is 2. The first-order valence-electron chi connectivity index (χ1n) is 11.7. The third kappa shape index (κ3) is 4.86. The van der Waals surface area contributed by atoms with Gasteiger partial charge in [-0.2, -0.15) is 5.26 Å². The molecule has 1 aromatic heterocycles. The van der Waals surface area contributed by atoms with Gasteiger partial charge in [-0.3, -0.25) is 15.0 Å². The predicted octanol–water partition coefficient (Wildman–Crippen LogP) is 4.04. The summed E-state index contributed by atoms with van der Waals surface area (Å²) in [4.78, 5) is 37.7. The van der Waals surface area contributed by atoms with Crippen LogP contribution in [0.1, 0.15) is 39.0 Å². The number of rotatable bonds is 4. The number of nitrogens with one attached hydrogen (secondary N) is 2. The van der Waals surface area contributed by atoms with E-state index >= 15 is 0 Å². The van der Waals surface area contributed by atoms with Crippen LogP contribution in [-0.2, 0) is 9.53 Å². The van der Waals surface area contributed by atoms with Gasteiger partial charge in [0.25, 0.3) is 5.91 Å². The number of hydrogen-bond acceptors (Lipinski definition) is 8. The lowest BCUT2D eigenvalue weighted by molar-refractivity contribution is -0.119. The van der Waals surface area contributed by atoms with Crippen LogP contribution in [0, 0.1) is 18.3 Å². The lowest BCUT2D eigenvalue weighted by Gasteiger charge is -2.27. The average molecular weight is 488 g/mol. The number of carbonyl (C=O) groups excluding carboxylic acids is 2. The van der Waals surface area contributed by atoms with Crippen LogP contribution < -0.4 is 15.5 Å². The smallest absolute Gasteiger partial charge is 0.411 e. The maximum absolute atomic E-state index is 13.0. The minimum Gasteiger partial charge on any atom is -0.444 e. The molecule has 10 nitrogen and oxygen atoms in total. The molecule has 4 rings (SSSR count). The maximum atomic E-state index is 13.0. The molecule has 1 atom stereocenters. The fourth-order valence-electron chi connectivity index (χ4n) is 4.07. The second-order valence-electron chi connectivity index (χ2n) is 9.44. The van der Waals surface area contributed by atoms with Crippen LogP contribution in [0.4, 0.5) is 22.1 Å². The molecule has 2 aliphatic rings. The predicted molar refractivity (Wildman–Crippen MR) is 137 cm³/mol. The third-order valence-corrected chi connectivity index (χ3v) is 5.68. The van der Waals surface area contributed by atoms with Crippen molar-refractivity contribution in [1.29, 1.82) is 5.26 Å². The molecular formula is C26H29N7O3. The van der Waals surface area contributed by atoms with Crippen LogP contribution in [0.3, 0.4) is 0 Å². The standard InChI is InChI=1S/C26H29N7O3/c1-6-32-19-11-8-7-10-18(19)29-22(32)17(14-27)21-16(2)15-28-24(30-21)31-23(34)20-12-9-13-33(20)25(35)36-26(3,4)5/h7-12,15,20,29H,6,13H2,1-5H3,(H,28,30,31,34)/b22-17+/t20-/m0/s1. The molecule has 0 unspecified atom stereocenters. The molecular weight excluding hydrogens is 458 g/mol. The van der Waals surface area contributed by atoms with Crippen molar-refractivity contribution in [2.24, 2.45) is 0 Å². The van der Waals surface area contributed by atoms with E-state index in [1.54, 1.807) is 46.0 Å². The van der Waals surface area contributed by atoms with Gasteiger partial charge in [-0.15, -0.1) is 0 Å². The van der Waals surface area contributed by atoms with Crippen LogP contribution in [0.2, 0.25) is 0 Å². The maximum Gasteiger partial charge on any atom is 0.411 e. The lowest BCUT2D eigenvalue weighted by Crippen LogP contribution is -2.45. The number of hydrogen-bond donors (Lipinski definition) is 2. The summed E-state index contributed by atoms with van der Waals surface area (Å²) in [6, 6.07) is 9.22. The summed E-state index contributed by atoms with van der Waals surface area (Å²) in [5, 5.41) is 16.1. The molecule has 3 heterocycles. The van der Waals surface area contributed by atoms with Gasteiger partial charge in [0.15, 0.2) is 0 Å². The van der Waals surface area contributed by atoms with Crippen LogP contribution >= 0.6 is 0 Å². The zero-order valence-electron chi connectivity index (χ0n) is 21.0. The normalized spacial score (nSPS) is 17.8. The Morgan fingerprint density at radius 1 is 1.31 bits per heavy atom. The lowest BCUT2D eigenvalue weighted by atomic mass is 10.1. The van der Waals surface area contributed by atoms with E-state index in [1.807, 2.05) is 36.1 Å². The number of aryl methyl sites for hydroxylation is 1. The van der Waals surface area contributed by atoms with Crippen LogP contribution in [0.15, 0.2) is 48.4 Å². The molecule has 2 aromatic rings. The van der Waals surface area contributed by atoms with E-state index in [2.05, 4.69) is 26.7 Å². The summed E-state index contributed by atoms with van der Waals surface area (Å²) >= 11 is 0. The monoisotopic (exact) mass is 487 g/mol. The molecule has 0 radical (unpaired) electrons. The van der Waals surface area contributed by atoms with Gasteiger partial charge in [-0.05, 0) is 52.3 Å². The topological polar surface area (TPSA) is 123 Å². The minimum absolute atomic E-state index is 0.0388. The SMILES string of the molecule is CCN1/C(=C(\C#N)c2nc(NC(=O)[C@@H]3C=CCN3C(=O)OC(C)(C)C)ncc2C)Nc2ccccc21. The van der Waals surface area contributed by atoms with Gasteiger partial charge in [-0.1, -0.05) is 24.3 Å². The highest BCUT2D eigenvalue weighted by molar-refractivity contribution is 5.98. The molecule has 186 valence electrons. The first-order chi connectivity index (χ1) is 17.1. The number of para-hydroxylation sites is 2. The molecule has 0 saturated heterocycles. The second-order valence-corrected chi connectivity index (χ2v) is 9.44. The number of carbonyl (C=O) groups is 2. The largest absolute Gasteiger partial charge is 0.444 e. The fourth-order valence-corrected chi connectivity index (χ4v) is 4.07. The Balaban J connectivity index is 1.60. The quantitative estimate of drug-likeness (QED) is 0.489. The third-order valence-electron chi connectivity index (χ3n) is 5.68. The van der Waals surface area contributed by atoms with E-state index in [0.29, 0.717) is 29.2 Å². The second kappa shape index (κ2) is 9.70. The number of benzene rings is 1. The van der Waals surface area contributed by atoms with Crippen molar-refractivity contribution < 1.29 is 14.3 Å². The van der Waals surface area contributed by atoms with Gasteiger partial charge in [0.2, 0.25) is 5.95 Å². The number of anilines is 3. The highest BCUT2D eigenvalue weighted by Gasteiger charge is 2.34. The first-order valence-corrected chi connectivity index (χ1v) is 11.7. The van der Waals surface area contributed by atoms with Gasteiger partial charge in [0, 0.05) is 19.3 Å². The summed E-state index contributed by atoms with van der Waals surface area (Å²) in [7, 11) is 0. The van der Waals surface area contributed by atoms with E-state index in [1.165, 1.54) is 4.90 Å². The highest BCUT2D eigenvalue weighted by atomic mass is 16.6. The Kier molecular flexibility index (Phi) is 6.66. The van der Waals surface area contributed by atoms with E-state index in [0.717, 1.165) is 11.4 Å². The molecule has 0 fully saturated rings. The van der Waals surface area contributed by atoms with Crippen LogP contribution in [-0.4, -0.2) is 51.6 Å². The van der Waals surface area contributed by atoms with E-state index in [-0.39, 0.29) is 12.5 Å². The van der Waals surface area contributed by atoms with E-state index < -0.39 is 23.6 Å². The Hall–Kier alpha value is -4.39. The number of ether oxygens (including phenoxy) is 1. The van der Waals surface area contributed by atoms with E-state index in [9.17, 15) is 14.9 Å². The molecule has 0 bridgehead atoms. The number of nitrogens with zero attached hydrogens (tertiary/aromatic N) is 5. The molecule has 0 spiro atoms. The molecule has 0 saturated carbocycles. The van der Waals surface area contributed by atoms with Gasteiger partial charge in [0.1, 0.15) is 29.1 Å². The Morgan fingerprint density at radius 3 is 2.75 bits per heavy atom. The van der Waals surface area contributed by atoms with Crippen molar-refractivity contribution in [3.63, 3.8) is 0 Å². The summed E-state index contributed by atoms with van der Waals surface area (Å²) in [5.74, 6) is 0.184. The average Bonchev–Trinajstić information content (AvgIpc) is 3.45. The van der Waals surface area contributed by atoms with Crippen LogP contribution in [0.5, 0.6) is 0 Å². The molecule has 2 amide bonds. The summed E-state index contributed by atoms with van der Waals surface area (Å²) in [6.07, 6.45) is 4.35. The van der Waals surface area contributed by atoms with Crippen molar-refractivity contribution in [2.45, 2.75) is 46.3 Å². The Labute approximate surface area is 210 Å². The minimum atomic E-state index is -0.858. The van der Waals surface area contributed by atoms with Crippen molar-refractivity contribution in [1.82, 2.24) is 14.9 Å². The van der Waals surface area contributed by atoms with Crippen molar-refractivity contribution in [3.8, 4) is 6.07 Å². The molecule has 1 aromatic carbocycles. The van der Waals surface area contributed by atoms with Gasteiger partial charge in [-0.25, -0.2) is 14.8 Å². The Morgan fingerprint density at radius 2 is 2.06 bits per heavy atom. The number of allylic oxidation sites excluding steroid dienone is 1.